The summed E-state index contributed by atoms with van der Waals surface area (Å²) >= 11 is 0. The Morgan fingerprint density at radius 3 is 2.50 bits per heavy atom. The number of nitrogens with one attached hydrogen (secondary N) is 1. The fourth-order valence-electron chi connectivity index (χ4n) is 2.99. The number of aromatic nitrogens is 2. The summed E-state index contributed by atoms with van der Waals surface area (Å²) in [6.07, 6.45) is 7.03. The first-order valence-corrected chi connectivity index (χ1v) is 9.53. The number of hydrogen-bond acceptors (Lipinski definition) is 7. The van der Waals surface area contributed by atoms with E-state index in [1.165, 1.54) is 6.33 Å². The number of nitrogens with zero attached hydrogens (tertiary/aromatic N) is 2. The van der Waals surface area contributed by atoms with Crippen molar-refractivity contribution in [1.82, 2.24) is 9.97 Å². The van der Waals surface area contributed by atoms with Gasteiger partial charge in [-0.05, 0) is 31.2 Å². The minimum absolute atomic E-state index is 0.392. The zero-order chi connectivity index (χ0) is 21.3. The Bertz CT molecular complexity index is 1050. The molecule has 0 amide bonds. The van der Waals surface area contributed by atoms with E-state index >= 15 is 0 Å². The van der Waals surface area contributed by atoms with E-state index < -0.39 is 0 Å². The second kappa shape index (κ2) is 10.4. The molecule has 0 fully saturated rings. The third kappa shape index (κ3) is 4.98. The van der Waals surface area contributed by atoms with Gasteiger partial charge < -0.3 is 24.3 Å². The molecule has 0 aliphatic carbocycles. The second-order valence-corrected chi connectivity index (χ2v) is 6.48. The van der Waals surface area contributed by atoms with E-state index in [0.29, 0.717) is 43.7 Å². The minimum Gasteiger partial charge on any atom is -0.487 e. The number of rotatable bonds is 10. The zero-order valence-corrected chi connectivity index (χ0v) is 17.4. The molecule has 156 valence electrons. The van der Waals surface area contributed by atoms with Gasteiger partial charge in [-0.15, -0.1) is 6.42 Å². The number of ether oxygens (including phenoxy) is 4. The Balaban J connectivity index is 2.03. The van der Waals surface area contributed by atoms with E-state index in [4.69, 9.17) is 25.4 Å². The maximum atomic E-state index is 5.94. The van der Waals surface area contributed by atoms with Crippen molar-refractivity contribution < 1.29 is 18.9 Å². The topological polar surface area (TPSA) is 74.7 Å². The van der Waals surface area contributed by atoms with Gasteiger partial charge in [0.2, 0.25) is 0 Å². The standard InChI is InChI=1S/C23H25N3O4/c1-5-17-7-6-8-18(13-17)26-23-19-14-20(29-11-9-27-3)22(30-12-10-28-4)16(2)21(19)24-15-25-23/h1,6-8,13-15H,9-12H2,2-4H3,(H,24,25,26). The van der Waals surface area contributed by atoms with Crippen LogP contribution in [-0.2, 0) is 9.47 Å². The van der Waals surface area contributed by atoms with Gasteiger partial charge in [-0.2, -0.15) is 0 Å². The van der Waals surface area contributed by atoms with Crippen LogP contribution in [0.5, 0.6) is 11.5 Å². The number of fused-ring (bicyclic) bond motifs is 1. The van der Waals surface area contributed by atoms with Crippen molar-refractivity contribution in [2.75, 3.05) is 46.0 Å². The molecule has 1 heterocycles. The van der Waals surface area contributed by atoms with Gasteiger partial charge in [0.15, 0.2) is 11.5 Å². The van der Waals surface area contributed by atoms with Crippen LogP contribution in [0, 0.1) is 19.3 Å². The average molecular weight is 407 g/mol. The molecule has 7 nitrogen and oxygen atoms in total. The molecule has 0 aliphatic rings. The van der Waals surface area contributed by atoms with Gasteiger partial charge in [-0.1, -0.05) is 12.0 Å². The van der Waals surface area contributed by atoms with E-state index in [0.717, 1.165) is 27.7 Å². The summed E-state index contributed by atoms with van der Waals surface area (Å²) in [5.41, 5.74) is 3.25. The summed E-state index contributed by atoms with van der Waals surface area (Å²) in [5, 5.41) is 4.14. The molecule has 0 saturated heterocycles. The Morgan fingerprint density at radius 2 is 1.77 bits per heavy atom. The molecule has 0 spiro atoms. The van der Waals surface area contributed by atoms with Crippen LogP contribution in [0.15, 0.2) is 36.7 Å². The lowest BCUT2D eigenvalue weighted by Gasteiger charge is -2.18. The maximum absolute atomic E-state index is 5.94. The van der Waals surface area contributed by atoms with Crippen LogP contribution in [0.25, 0.3) is 10.9 Å². The van der Waals surface area contributed by atoms with Gasteiger partial charge in [0.1, 0.15) is 25.4 Å². The van der Waals surface area contributed by atoms with Gasteiger partial charge in [-0.3, -0.25) is 0 Å². The molecule has 1 aromatic heterocycles. The Labute approximate surface area is 176 Å². The molecule has 0 saturated carbocycles. The average Bonchev–Trinajstić information content (AvgIpc) is 2.76. The van der Waals surface area contributed by atoms with Crippen molar-refractivity contribution in [2.24, 2.45) is 0 Å². The molecule has 1 N–H and O–H groups in total. The summed E-state index contributed by atoms with van der Waals surface area (Å²) in [5.74, 6) is 4.52. The molecule has 7 heteroatoms. The molecular formula is C23H25N3O4. The quantitative estimate of drug-likeness (QED) is 0.406. The summed E-state index contributed by atoms with van der Waals surface area (Å²) < 4.78 is 22.1. The van der Waals surface area contributed by atoms with Crippen LogP contribution in [0.3, 0.4) is 0 Å². The van der Waals surface area contributed by atoms with E-state index in [9.17, 15) is 0 Å². The maximum Gasteiger partial charge on any atom is 0.166 e. The fraction of sp³-hybridized carbons (Fsp3) is 0.304. The summed E-state index contributed by atoms with van der Waals surface area (Å²) in [6, 6.07) is 9.47. The van der Waals surface area contributed by atoms with E-state index in [2.05, 4.69) is 21.2 Å². The lowest BCUT2D eigenvalue weighted by Crippen LogP contribution is -2.10. The van der Waals surface area contributed by atoms with Crippen LogP contribution in [0.2, 0.25) is 0 Å². The number of aryl methyl sites for hydroxylation is 1. The molecule has 0 aliphatic heterocycles. The third-order valence-electron chi connectivity index (χ3n) is 4.45. The van der Waals surface area contributed by atoms with E-state index in [-0.39, 0.29) is 0 Å². The molecule has 30 heavy (non-hydrogen) atoms. The van der Waals surface area contributed by atoms with Crippen molar-refractivity contribution in [3.63, 3.8) is 0 Å². The number of methoxy groups -OCH3 is 2. The van der Waals surface area contributed by atoms with E-state index in [1.54, 1.807) is 14.2 Å². The molecule has 0 radical (unpaired) electrons. The van der Waals surface area contributed by atoms with Gasteiger partial charge in [-0.25, -0.2) is 9.97 Å². The smallest absolute Gasteiger partial charge is 0.166 e. The fourth-order valence-corrected chi connectivity index (χ4v) is 2.99. The second-order valence-electron chi connectivity index (χ2n) is 6.48. The highest BCUT2D eigenvalue weighted by atomic mass is 16.5. The van der Waals surface area contributed by atoms with Crippen molar-refractivity contribution in [1.29, 1.82) is 0 Å². The van der Waals surface area contributed by atoms with Crippen molar-refractivity contribution in [2.45, 2.75) is 6.92 Å². The highest BCUT2D eigenvalue weighted by molar-refractivity contribution is 5.95. The van der Waals surface area contributed by atoms with Crippen LogP contribution in [-0.4, -0.2) is 50.6 Å². The minimum atomic E-state index is 0.392. The van der Waals surface area contributed by atoms with Crippen LogP contribution in [0.4, 0.5) is 11.5 Å². The predicted octanol–water partition coefficient (Wildman–Crippen LogP) is 3.71. The number of terminal acetylenes is 1. The first-order chi connectivity index (χ1) is 14.7. The van der Waals surface area contributed by atoms with Gasteiger partial charge >= 0.3 is 0 Å². The Kier molecular flexibility index (Phi) is 7.44. The summed E-state index contributed by atoms with van der Waals surface area (Å²) in [7, 11) is 3.26. The lowest BCUT2D eigenvalue weighted by molar-refractivity contribution is 0.132. The summed E-state index contributed by atoms with van der Waals surface area (Å²) in [4.78, 5) is 8.89. The highest BCUT2D eigenvalue weighted by Gasteiger charge is 2.17. The van der Waals surface area contributed by atoms with Gasteiger partial charge in [0.25, 0.3) is 0 Å². The zero-order valence-electron chi connectivity index (χ0n) is 17.4. The normalized spacial score (nSPS) is 10.6. The predicted molar refractivity (Wildman–Crippen MR) is 117 cm³/mol. The first kappa shape index (κ1) is 21.4. The molecular weight excluding hydrogens is 382 g/mol. The largest absolute Gasteiger partial charge is 0.487 e. The number of benzene rings is 2. The molecule has 0 atom stereocenters. The van der Waals surface area contributed by atoms with Crippen molar-refractivity contribution >= 4 is 22.4 Å². The number of hydrogen-bond donors (Lipinski definition) is 1. The SMILES string of the molecule is C#Cc1cccc(Nc2ncnc3c(C)c(OCCOC)c(OCCOC)cc23)c1. The summed E-state index contributed by atoms with van der Waals surface area (Å²) in [6.45, 7) is 3.67. The van der Waals surface area contributed by atoms with Gasteiger partial charge in [0.05, 0.1) is 18.7 Å². The molecule has 3 aromatic rings. The first-order valence-electron chi connectivity index (χ1n) is 9.53. The lowest BCUT2D eigenvalue weighted by atomic mass is 10.1. The van der Waals surface area contributed by atoms with Crippen molar-refractivity contribution in [3.05, 3.63) is 47.8 Å². The Hall–Kier alpha value is -3.34. The van der Waals surface area contributed by atoms with Gasteiger partial charge in [0, 0.05) is 36.4 Å². The van der Waals surface area contributed by atoms with E-state index in [1.807, 2.05) is 37.3 Å². The third-order valence-corrected chi connectivity index (χ3v) is 4.45. The highest BCUT2D eigenvalue weighted by Crippen LogP contribution is 2.39. The van der Waals surface area contributed by atoms with Crippen LogP contribution >= 0.6 is 0 Å². The molecule has 2 aromatic carbocycles. The van der Waals surface area contributed by atoms with Crippen LogP contribution in [0.1, 0.15) is 11.1 Å². The monoisotopic (exact) mass is 407 g/mol. The van der Waals surface area contributed by atoms with Crippen LogP contribution < -0.4 is 14.8 Å². The molecule has 0 bridgehead atoms. The number of anilines is 2. The molecule has 0 unspecified atom stereocenters. The Morgan fingerprint density at radius 1 is 1.00 bits per heavy atom. The van der Waals surface area contributed by atoms with Crippen molar-refractivity contribution in [3.8, 4) is 23.8 Å². The molecule has 3 rings (SSSR count).